The van der Waals surface area contributed by atoms with Crippen LogP contribution in [-0.4, -0.2) is 23.2 Å². The van der Waals surface area contributed by atoms with Gasteiger partial charge < -0.3 is 16.2 Å². The Labute approximate surface area is 115 Å². The van der Waals surface area contributed by atoms with Crippen LogP contribution in [0.2, 0.25) is 0 Å². The molecular weight excluding hydrogens is 296 g/mol. The van der Waals surface area contributed by atoms with Gasteiger partial charge in [0.05, 0.1) is 15.6 Å². The van der Waals surface area contributed by atoms with Crippen LogP contribution in [-0.2, 0) is 0 Å². The monoisotopic (exact) mass is 312 g/mol. The summed E-state index contributed by atoms with van der Waals surface area (Å²) in [5.74, 6) is -0.213. The van der Waals surface area contributed by atoms with E-state index < -0.39 is 5.60 Å². The molecule has 1 aliphatic carbocycles. The lowest BCUT2D eigenvalue weighted by Gasteiger charge is -2.22. The Morgan fingerprint density at radius 1 is 1.44 bits per heavy atom. The normalized spacial score (nSPS) is 17.7. The van der Waals surface area contributed by atoms with Crippen molar-refractivity contribution in [1.29, 1.82) is 0 Å². The third-order valence-electron chi connectivity index (χ3n) is 3.39. The molecule has 5 heteroatoms. The molecule has 1 amide bonds. The van der Waals surface area contributed by atoms with Gasteiger partial charge in [0, 0.05) is 12.2 Å². The fourth-order valence-corrected chi connectivity index (χ4v) is 2.72. The minimum atomic E-state index is -0.734. The molecule has 98 valence electrons. The quantitative estimate of drug-likeness (QED) is 0.748. The molecule has 1 fully saturated rings. The van der Waals surface area contributed by atoms with Gasteiger partial charge in [0.1, 0.15) is 0 Å². The van der Waals surface area contributed by atoms with Gasteiger partial charge in [-0.05, 0) is 40.9 Å². The Morgan fingerprint density at radius 3 is 2.78 bits per heavy atom. The Hall–Kier alpha value is -1.07. The molecule has 1 aromatic carbocycles. The lowest BCUT2D eigenvalue weighted by Crippen LogP contribution is -2.40. The summed E-state index contributed by atoms with van der Waals surface area (Å²) in [5, 5.41) is 12.9. The van der Waals surface area contributed by atoms with Gasteiger partial charge in [0.15, 0.2) is 0 Å². The Balaban J connectivity index is 2.01. The first kappa shape index (κ1) is 13.4. The minimum absolute atomic E-state index is 0.213. The summed E-state index contributed by atoms with van der Waals surface area (Å²) >= 11 is 3.30. The number of nitrogens with one attached hydrogen (secondary N) is 1. The van der Waals surface area contributed by atoms with Gasteiger partial charge in [-0.2, -0.15) is 0 Å². The summed E-state index contributed by atoms with van der Waals surface area (Å²) in [6.07, 6.45) is 3.56. The number of halogens is 1. The van der Waals surface area contributed by atoms with E-state index in [1.807, 2.05) is 0 Å². The SMILES string of the molecule is Nc1cccc(C(=O)NCC2(O)CCCC2)c1Br. The number of carbonyl (C=O) groups excluding carboxylic acids is 1. The molecule has 0 aromatic heterocycles. The number of benzene rings is 1. The Kier molecular flexibility index (Phi) is 3.92. The van der Waals surface area contributed by atoms with Gasteiger partial charge in [0.2, 0.25) is 0 Å². The summed E-state index contributed by atoms with van der Waals surface area (Å²) in [6.45, 7) is 0.299. The molecule has 18 heavy (non-hydrogen) atoms. The van der Waals surface area contributed by atoms with E-state index in [9.17, 15) is 9.90 Å². The highest BCUT2D eigenvalue weighted by Gasteiger charge is 2.31. The van der Waals surface area contributed by atoms with E-state index in [4.69, 9.17) is 5.73 Å². The number of anilines is 1. The van der Waals surface area contributed by atoms with E-state index in [1.54, 1.807) is 18.2 Å². The fourth-order valence-electron chi connectivity index (χ4n) is 2.28. The number of hydrogen-bond donors (Lipinski definition) is 3. The molecule has 0 saturated heterocycles. The highest BCUT2D eigenvalue weighted by atomic mass is 79.9. The molecule has 1 aliphatic rings. The molecule has 4 nitrogen and oxygen atoms in total. The first-order valence-corrected chi connectivity index (χ1v) is 6.86. The van der Waals surface area contributed by atoms with Crippen LogP contribution in [0.1, 0.15) is 36.0 Å². The maximum absolute atomic E-state index is 12.0. The van der Waals surface area contributed by atoms with E-state index in [0.29, 0.717) is 22.3 Å². The predicted octanol–water partition coefficient (Wildman–Crippen LogP) is 2.07. The van der Waals surface area contributed by atoms with E-state index in [-0.39, 0.29) is 5.91 Å². The summed E-state index contributed by atoms with van der Waals surface area (Å²) in [6, 6.07) is 5.17. The van der Waals surface area contributed by atoms with Crippen molar-refractivity contribution in [2.24, 2.45) is 0 Å². The molecule has 2 rings (SSSR count). The van der Waals surface area contributed by atoms with Gasteiger partial charge in [0.25, 0.3) is 5.91 Å². The third-order valence-corrected chi connectivity index (χ3v) is 4.27. The van der Waals surface area contributed by atoms with Crippen molar-refractivity contribution in [2.75, 3.05) is 12.3 Å². The maximum Gasteiger partial charge on any atom is 0.252 e. The summed E-state index contributed by atoms with van der Waals surface area (Å²) in [4.78, 5) is 12.0. The largest absolute Gasteiger partial charge is 0.398 e. The zero-order chi connectivity index (χ0) is 13.2. The van der Waals surface area contributed by atoms with E-state index >= 15 is 0 Å². The lowest BCUT2D eigenvalue weighted by atomic mass is 10.0. The van der Waals surface area contributed by atoms with Crippen LogP contribution in [0.25, 0.3) is 0 Å². The van der Waals surface area contributed by atoms with Crippen molar-refractivity contribution in [3.05, 3.63) is 28.2 Å². The van der Waals surface area contributed by atoms with Crippen LogP contribution in [0, 0.1) is 0 Å². The summed E-state index contributed by atoms with van der Waals surface area (Å²) < 4.78 is 0.598. The number of amides is 1. The second kappa shape index (κ2) is 5.28. The zero-order valence-corrected chi connectivity index (χ0v) is 11.7. The maximum atomic E-state index is 12.0. The minimum Gasteiger partial charge on any atom is -0.398 e. The van der Waals surface area contributed by atoms with Crippen molar-refractivity contribution >= 4 is 27.5 Å². The smallest absolute Gasteiger partial charge is 0.252 e. The molecule has 1 saturated carbocycles. The lowest BCUT2D eigenvalue weighted by molar-refractivity contribution is 0.0449. The number of carbonyl (C=O) groups is 1. The highest BCUT2D eigenvalue weighted by molar-refractivity contribution is 9.10. The van der Waals surface area contributed by atoms with Gasteiger partial charge >= 0.3 is 0 Å². The molecule has 0 bridgehead atoms. The first-order valence-electron chi connectivity index (χ1n) is 6.06. The molecule has 0 spiro atoms. The van der Waals surface area contributed by atoms with E-state index in [2.05, 4.69) is 21.2 Å². The first-order chi connectivity index (χ1) is 8.52. The van der Waals surface area contributed by atoms with Crippen LogP contribution in [0.4, 0.5) is 5.69 Å². The second-order valence-corrected chi connectivity index (χ2v) is 5.62. The fraction of sp³-hybridized carbons (Fsp3) is 0.462. The summed E-state index contributed by atoms with van der Waals surface area (Å²) in [5.41, 5.74) is 6.02. The van der Waals surface area contributed by atoms with Crippen LogP contribution in [0.5, 0.6) is 0 Å². The van der Waals surface area contributed by atoms with Crippen molar-refractivity contribution in [1.82, 2.24) is 5.32 Å². The molecule has 0 heterocycles. The van der Waals surface area contributed by atoms with E-state index in [0.717, 1.165) is 25.7 Å². The molecule has 0 radical (unpaired) electrons. The molecule has 0 atom stereocenters. The van der Waals surface area contributed by atoms with Crippen molar-refractivity contribution in [3.8, 4) is 0 Å². The van der Waals surface area contributed by atoms with Crippen molar-refractivity contribution in [3.63, 3.8) is 0 Å². The van der Waals surface area contributed by atoms with Crippen LogP contribution < -0.4 is 11.1 Å². The average molecular weight is 313 g/mol. The third kappa shape index (κ3) is 2.84. The van der Waals surface area contributed by atoms with Gasteiger partial charge in [-0.25, -0.2) is 0 Å². The van der Waals surface area contributed by atoms with Crippen LogP contribution in [0.3, 0.4) is 0 Å². The second-order valence-electron chi connectivity index (χ2n) is 4.82. The molecular formula is C13H17BrN2O2. The average Bonchev–Trinajstić information content (AvgIpc) is 2.77. The molecule has 0 unspecified atom stereocenters. The molecule has 0 aliphatic heterocycles. The molecule has 4 N–H and O–H groups in total. The topological polar surface area (TPSA) is 75.4 Å². The van der Waals surface area contributed by atoms with Crippen LogP contribution in [0.15, 0.2) is 22.7 Å². The Morgan fingerprint density at radius 2 is 2.11 bits per heavy atom. The van der Waals surface area contributed by atoms with Gasteiger partial charge in [-0.15, -0.1) is 0 Å². The van der Waals surface area contributed by atoms with Crippen molar-refractivity contribution < 1.29 is 9.90 Å². The Bertz CT molecular complexity index is 456. The highest BCUT2D eigenvalue weighted by Crippen LogP contribution is 2.29. The van der Waals surface area contributed by atoms with Gasteiger partial charge in [-0.3, -0.25) is 4.79 Å². The number of nitrogen functional groups attached to an aromatic ring is 1. The predicted molar refractivity (Wildman–Crippen MR) is 74.3 cm³/mol. The standard InChI is InChI=1S/C13H17BrN2O2/c14-11-9(4-3-5-10(11)15)12(17)16-8-13(18)6-1-2-7-13/h3-5,18H,1-2,6-8,15H2,(H,16,17). The van der Waals surface area contributed by atoms with Crippen molar-refractivity contribution in [2.45, 2.75) is 31.3 Å². The number of aliphatic hydroxyl groups is 1. The summed E-state index contributed by atoms with van der Waals surface area (Å²) in [7, 11) is 0. The van der Waals surface area contributed by atoms with Crippen LogP contribution >= 0.6 is 15.9 Å². The number of rotatable bonds is 3. The number of nitrogens with two attached hydrogens (primary N) is 1. The molecule has 1 aromatic rings. The zero-order valence-electron chi connectivity index (χ0n) is 10.1. The van der Waals surface area contributed by atoms with Gasteiger partial charge in [-0.1, -0.05) is 18.9 Å². The number of hydrogen-bond acceptors (Lipinski definition) is 3. The van der Waals surface area contributed by atoms with E-state index in [1.165, 1.54) is 0 Å².